The minimum atomic E-state index is -4.37. The summed E-state index contributed by atoms with van der Waals surface area (Å²) in [5.74, 6) is 0.561. The number of benzene rings is 1. The quantitative estimate of drug-likeness (QED) is 0.575. The highest BCUT2D eigenvalue weighted by molar-refractivity contribution is 5.91. The summed E-state index contributed by atoms with van der Waals surface area (Å²) in [5.41, 5.74) is 1.32. The molecule has 11 heteroatoms. The summed E-state index contributed by atoms with van der Waals surface area (Å²) in [6, 6.07) is 4.53. The fraction of sp³-hybridized carbons (Fsp3) is 0.593. The van der Waals surface area contributed by atoms with E-state index in [1.807, 2.05) is 22.9 Å². The van der Waals surface area contributed by atoms with Gasteiger partial charge in [0.25, 0.3) is 0 Å². The molecule has 3 fully saturated rings. The number of rotatable bonds is 5. The van der Waals surface area contributed by atoms with Crippen molar-refractivity contribution in [3.63, 3.8) is 0 Å². The SMILES string of the molecule is CC(=O)N(C)c1cnn(C(=O)N2C[C@H]3CC(N(C)Cc4cc(N5CCCC5)cc(C(F)(F)F)c4)C[C@H]3C2)c1. The second kappa shape index (κ2) is 10.2. The number of amides is 2. The van der Waals surface area contributed by atoms with Crippen molar-refractivity contribution in [3.05, 3.63) is 41.7 Å². The van der Waals surface area contributed by atoms with Crippen LogP contribution in [0.4, 0.5) is 29.3 Å². The topological polar surface area (TPSA) is 64.9 Å². The molecule has 2 amide bonds. The highest BCUT2D eigenvalue weighted by Gasteiger charge is 2.44. The van der Waals surface area contributed by atoms with Gasteiger partial charge in [-0.3, -0.25) is 9.69 Å². The third-order valence-corrected chi connectivity index (χ3v) is 8.45. The zero-order valence-electron chi connectivity index (χ0n) is 22.1. The van der Waals surface area contributed by atoms with Crippen LogP contribution in [0.5, 0.6) is 0 Å². The van der Waals surface area contributed by atoms with E-state index in [0.29, 0.717) is 48.4 Å². The highest BCUT2D eigenvalue weighted by atomic mass is 19.4. The number of aromatic nitrogens is 2. The Morgan fingerprint density at radius 3 is 2.32 bits per heavy atom. The number of hydrogen-bond acceptors (Lipinski definition) is 5. The summed E-state index contributed by atoms with van der Waals surface area (Å²) in [6.45, 7) is 4.77. The molecule has 2 aromatic rings. The molecule has 1 aromatic heterocycles. The number of carbonyl (C=O) groups excluding carboxylic acids is 2. The molecule has 1 aromatic carbocycles. The third kappa shape index (κ3) is 5.39. The molecular weight excluding hydrogens is 497 g/mol. The van der Waals surface area contributed by atoms with Crippen molar-refractivity contribution in [2.45, 2.75) is 51.4 Å². The molecule has 38 heavy (non-hydrogen) atoms. The number of halogens is 3. The molecule has 3 aliphatic rings. The zero-order chi connectivity index (χ0) is 27.2. The average molecular weight is 533 g/mol. The lowest BCUT2D eigenvalue weighted by Gasteiger charge is -2.28. The van der Waals surface area contributed by atoms with Gasteiger partial charge in [-0.1, -0.05) is 0 Å². The first kappa shape index (κ1) is 26.5. The predicted molar refractivity (Wildman–Crippen MR) is 138 cm³/mol. The van der Waals surface area contributed by atoms with Crippen molar-refractivity contribution < 1.29 is 22.8 Å². The second-order valence-electron chi connectivity index (χ2n) is 11.0. The third-order valence-electron chi connectivity index (χ3n) is 8.45. The Morgan fingerprint density at radius 1 is 1.05 bits per heavy atom. The summed E-state index contributed by atoms with van der Waals surface area (Å²) in [7, 11) is 3.62. The van der Waals surface area contributed by atoms with E-state index in [1.165, 1.54) is 34.8 Å². The van der Waals surface area contributed by atoms with E-state index in [0.717, 1.165) is 38.8 Å². The highest BCUT2D eigenvalue weighted by Crippen LogP contribution is 2.41. The number of likely N-dealkylation sites (tertiary alicyclic amines) is 1. The molecule has 8 nitrogen and oxygen atoms in total. The molecule has 1 aliphatic carbocycles. The maximum atomic E-state index is 13.6. The maximum absolute atomic E-state index is 13.6. The van der Waals surface area contributed by atoms with Crippen molar-refractivity contribution in [1.29, 1.82) is 0 Å². The number of carbonyl (C=O) groups is 2. The Labute approximate surface area is 221 Å². The summed E-state index contributed by atoms with van der Waals surface area (Å²) >= 11 is 0. The van der Waals surface area contributed by atoms with Crippen LogP contribution in [0.25, 0.3) is 0 Å². The Morgan fingerprint density at radius 2 is 1.71 bits per heavy atom. The van der Waals surface area contributed by atoms with E-state index in [1.54, 1.807) is 13.2 Å². The summed E-state index contributed by atoms with van der Waals surface area (Å²) < 4.78 is 42.2. The van der Waals surface area contributed by atoms with E-state index in [2.05, 4.69) is 10.00 Å². The monoisotopic (exact) mass is 532 g/mol. The second-order valence-corrected chi connectivity index (χ2v) is 11.0. The Hall–Kier alpha value is -3.08. The summed E-state index contributed by atoms with van der Waals surface area (Å²) in [6.07, 6.45) is 2.52. The van der Waals surface area contributed by atoms with Crippen LogP contribution in [0, 0.1) is 11.8 Å². The van der Waals surface area contributed by atoms with Crippen LogP contribution in [0.3, 0.4) is 0 Å². The normalized spacial score (nSPS) is 23.4. The van der Waals surface area contributed by atoms with Gasteiger partial charge in [0.1, 0.15) is 0 Å². The molecule has 2 aliphatic heterocycles. The molecule has 0 spiro atoms. The lowest BCUT2D eigenvalue weighted by Crippen LogP contribution is -2.36. The van der Waals surface area contributed by atoms with E-state index in [4.69, 9.17) is 0 Å². The molecule has 206 valence electrons. The van der Waals surface area contributed by atoms with Crippen molar-refractivity contribution in [3.8, 4) is 0 Å². The van der Waals surface area contributed by atoms with Gasteiger partial charge >= 0.3 is 12.2 Å². The van der Waals surface area contributed by atoms with Gasteiger partial charge < -0.3 is 14.7 Å². The minimum absolute atomic E-state index is 0.139. The van der Waals surface area contributed by atoms with E-state index >= 15 is 0 Å². The zero-order valence-corrected chi connectivity index (χ0v) is 22.1. The molecule has 0 bridgehead atoms. The lowest BCUT2D eigenvalue weighted by molar-refractivity contribution is -0.137. The first-order valence-corrected chi connectivity index (χ1v) is 13.2. The molecular formula is C27H35F3N6O2. The predicted octanol–water partition coefficient (Wildman–Crippen LogP) is 4.30. The van der Waals surface area contributed by atoms with Gasteiger partial charge in [0.15, 0.2) is 0 Å². The Bertz CT molecular complexity index is 1180. The van der Waals surface area contributed by atoms with E-state index in [9.17, 15) is 22.8 Å². The Balaban J connectivity index is 1.21. The van der Waals surface area contributed by atoms with Crippen LogP contribution in [-0.2, 0) is 17.5 Å². The molecule has 2 saturated heterocycles. The van der Waals surface area contributed by atoms with Crippen LogP contribution in [0.15, 0.2) is 30.6 Å². The Kier molecular flexibility index (Phi) is 7.15. The van der Waals surface area contributed by atoms with E-state index < -0.39 is 11.7 Å². The van der Waals surface area contributed by atoms with Crippen LogP contribution in [0.2, 0.25) is 0 Å². The first-order chi connectivity index (χ1) is 18.0. The molecule has 1 unspecified atom stereocenters. The van der Waals surface area contributed by atoms with Gasteiger partial charge in [0.2, 0.25) is 5.91 Å². The van der Waals surface area contributed by atoms with Crippen LogP contribution >= 0.6 is 0 Å². The van der Waals surface area contributed by atoms with Crippen LogP contribution in [0.1, 0.15) is 43.7 Å². The standard InChI is InChI=1S/C27H35F3N6O2/c1-18(37)33(3)25-13-31-36(17-25)26(38)35-15-20-10-23(11-21(20)16-35)32(2)14-19-8-22(27(28,29)30)12-24(9-19)34-6-4-5-7-34/h8-9,12-13,17,20-21,23H,4-7,10-11,14-16H2,1-3H3/t20-,21+,23?. The number of alkyl halides is 3. The van der Waals surface area contributed by atoms with Crippen LogP contribution < -0.4 is 9.80 Å². The van der Waals surface area contributed by atoms with Gasteiger partial charge in [-0.2, -0.15) is 23.0 Å². The van der Waals surface area contributed by atoms with Gasteiger partial charge in [0.05, 0.1) is 23.6 Å². The molecule has 1 saturated carbocycles. The maximum Gasteiger partial charge on any atom is 0.416 e. The van der Waals surface area contributed by atoms with Crippen molar-refractivity contribution in [2.24, 2.45) is 11.8 Å². The largest absolute Gasteiger partial charge is 0.416 e. The molecule has 5 rings (SSSR count). The van der Waals surface area contributed by atoms with Gasteiger partial charge in [0, 0.05) is 58.4 Å². The van der Waals surface area contributed by atoms with Crippen LogP contribution in [-0.4, -0.2) is 77.8 Å². The average Bonchev–Trinajstić information content (AvgIpc) is 3.66. The van der Waals surface area contributed by atoms with Gasteiger partial charge in [-0.15, -0.1) is 0 Å². The van der Waals surface area contributed by atoms with Crippen molar-refractivity contribution in [2.75, 3.05) is 50.1 Å². The fourth-order valence-corrected chi connectivity index (χ4v) is 6.21. The number of anilines is 2. The minimum Gasteiger partial charge on any atom is -0.372 e. The number of fused-ring (bicyclic) bond motifs is 1. The first-order valence-electron chi connectivity index (χ1n) is 13.2. The van der Waals surface area contributed by atoms with Crippen molar-refractivity contribution in [1.82, 2.24) is 19.6 Å². The molecule has 0 N–H and O–H groups in total. The fourth-order valence-electron chi connectivity index (χ4n) is 6.21. The summed E-state index contributed by atoms with van der Waals surface area (Å²) in [5, 5.41) is 4.15. The van der Waals surface area contributed by atoms with Crippen molar-refractivity contribution >= 4 is 23.3 Å². The summed E-state index contributed by atoms with van der Waals surface area (Å²) in [4.78, 5) is 32.1. The number of nitrogens with zero attached hydrogens (tertiary/aromatic N) is 6. The molecule has 0 radical (unpaired) electrons. The lowest BCUT2D eigenvalue weighted by atomic mass is 10.0. The van der Waals surface area contributed by atoms with Gasteiger partial charge in [-0.05, 0) is 68.3 Å². The van der Waals surface area contributed by atoms with Gasteiger partial charge in [-0.25, -0.2) is 4.79 Å². The smallest absolute Gasteiger partial charge is 0.372 e. The molecule has 3 atom stereocenters. The number of hydrogen-bond donors (Lipinski definition) is 0. The molecule has 3 heterocycles. The van der Waals surface area contributed by atoms with E-state index in [-0.39, 0.29) is 18.0 Å².